The number of aromatic nitrogens is 2. The molecule has 2 aromatic rings. The van der Waals surface area contributed by atoms with Crippen LogP contribution in [0.15, 0.2) is 41.6 Å². The smallest absolute Gasteiger partial charge is 0.243 e. The molecule has 23 heavy (non-hydrogen) atoms. The molecule has 2 heterocycles. The predicted octanol–water partition coefficient (Wildman–Crippen LogP) is 0.878. The van der Waals surface area contributed by atoms with Crippen molar-refractivity contribution in [1.29, 1.82) is 0 Å². The minimum Gasteiger partial charge on any atom is -0.399 e. The van der Waals surface area contributed by atoms with Crippen molar-refractivity contribution in [2.24, 2.45) is 0 Å². The molecule has 0 bridgehead atoms. The molecule has 7 nitrogen and oxygen atoms in total. The molecule has 0 atom stereocenters. The third-order valence-corrected chi connectivity index (χ3v) is 5.85. The van der Waals surface area contributed by atoms with Gasteiger partial charge in [0.05, 0.1) is 4.90 Å². The lowest BCUT2D eigenvalue weighted by Crippen LogP contribution is -2.49. The zero-order valence-electron chi connectivity index (χ0n) is 12.9. The van der Waals surface area contributed by atoms with Crippen molar-refractivity contribution in [3.05, 3.63) is 42.2 Å². The van der Waals surface area contributed by atoms with E-state index < -0.39 is 10.0 Å². The average Bonchev–Trinajstić information content (AvgIpc) is 2.58. The molecule has 1 aliphatic rings. The number of nitrogens with two attached hydrogens (primary N) is 1. The second-order valence-corrected chi connectivity index (χ2v) is 7.40. The van der Waals surface area contributed by atoms with E-state index in [1.165, 1.54) is 4.31 Å². The van der Waals surface area contributed by atoms with Crippen LogP contribution in [0.1, 0.15) is 5.56 Å². The monoisotopic (exact) mass is 333 g/mol. The first-order valence-corrected chi connectivity index (χ1v) is 8.81. The molecule has 0 saturated carbocycles. The van der Waals surface area contributed by atoms with E-state index in [0.717, 1.165) is 5.56 Å². The first-order valence-electron chi connectivity index (χ1n) is 7.37. The van der Waals surface area contributed by atoms with E-state index in [4.69, 9.17) is 5.73 Å². The number of nitrogen functional groups attached to an aromatic ring is 1. The SMILES string of the molecule is Cc1cc(S(=O)(=O)N2CCN(c3ncccn3)CC2)ccc1N. The number of rotatable bonds is 3. The summed E-state index contributed by atoms with van der Waals surface area (Å²) in [4.78, 5) is 10.7. The van der Waals surface area contributed by atoms with Gasteiger partial charge < -0.3 is 10.6 Å². The standard InChI is InChI=1S/C15H19N5O2S/c1-12-11-13(3-4-14(12)16)23(21,22)20-9-7-19(8-10-20)15-17-5-2-6-18-15/h2-6,11H,7-10,16H2,1H3. The Hall–Kier alpha value is -2.19. The Morgan fingerprint density at radius 3 is 2.35 bits per heavy atom. The van der Waals surface area contributed by atoms with Crippen molar-refractivity contribution in [1.82, 2.24) is 14.3 Å². The van der Waals surface area contributed by atoms with Gasteiger partial charge in [-0.15, -0.1) is 0 Å². The van der Waals surface area contributed by atoms with E-state index in [9.17, 15) is 8.42 Å². The average molecular weight is 333 g/mol. The van der Waals surface area contributed by atoms with E-state index >= 15 is 0 Å². The molecule has 0 amide bonds. The molecule has 0 aliphatic carbocycles. The van der Waals surface area contributed by atoms with E-state index in [2.05, 4.69) is 9.97 Å². The Kier molecular flexibility index (Phi) is 4.18. The van der Waals surface area contributed by atoms with Gasteiger partial charge in [-0.1, -0.05) is 0 Å². The molecule has 1 aromatic carbocycles. The second kappa shape index (κ2) is 6.13. The molecule has 2 N–H and O–H groups in total. The Balaban J connectivity index is 1.75. The van der Waals surface area contributed by atoms with Crippen molar-refractivity contribution >= 4 is 21.7 Å². The maximum atomic E-state index is 12.7. The van der Waals surface area contributed by atoms with Gasteiger partial charge >= 0.3 is 0 Å². The summed E-state index contributed by atoms with van der Waals surface area (Å²) in [6.07, 6.45) is 3.37. The van der Waals surface area contributed by atoms with Crippen LogP contribution in [0.25, 0.3) is 0 Å². The number of aryl methyl sites for hydroxylation is 1. The van der Waals surface area contributed by atoms with Gasteiger partial charge in [0.1, 0.15) is 0 Å². The van der Waals surface area contributed by atoms with E-state index in [-0.39, 0.29) is 4.90 Å². The Morgan fingerprint density at radius 2 is 1.74 bits per heavy atom. The van der Waals surface area contributed by atoms with Crippen LogP contribution in [0.3, 0.4) is 0 Å². The maximum absolute atomic E-state index is 12.7. The third kappa shape index (κ3) is 3.13. The largest absolute Gasteiger partial charge is 0.399 e. The van der Waals surface area contributed by atoms with Crippen molar-refractivity contribution in [2.75, 3.05) is 36.8 Å². The summed E-state index contributed by atoms with van der Waals surface area (Å²) < 4.78 is 27.0. The molecule has 1 fully saturated rings. The topological polar surface area (TPSA) is 92.4 Å². The highest BCUT2D eigenvalue weighted by Crippen LogP contribution is 2.22. The summed E-state index contributed by atoms with van der Waals surface area (Å²) in [5, 5.41) is 0. The Labute approximate surface area is 135 Å². The number of anilines is 2. The Bertz CT molecular complexity index is 787. The van der Waals surface area contributed by atoms with Crippen molar-refractivity contribution in [2.45, 2.75) is 11.8 Å². The zero-order chi connectivity index (χ0) is 16.4. The minimum atomic E-state index is -3.50. The fourth-order valence-corrected chi connectivity index (χ4v) is 4.05. The highest BCUT2D eigenvalue weighted by molar-refractivity contribution is 7.89. The van der Waals surface area contributed by atoms with E-state index in [1.54, 1.807) is 43.6 Å². The highest BCUT2D eigenvalue weighted by atomic mass is 32.2. The van der Waals surface area contributed by atoms with Crippen LogP contribution in [0.5, 0.6) is 0 Å². The fourth-order valence-electron chi connectivity index (χ4n) is 2.54. The van der Waals surface area contributed by atoms with Crippen LogP contribution in [-0.4, -0.2) is 48.9 Å². The van der Waals surface area contributed by atoms with Gasteiger partial charge in [0.25, 0.3) is 0 Å². The van der Waals surface area contributed by atoms with Crippen molar-refractivity contribution < 1.29 is 8.42 Å². The first-order chi connectivity index (χ1) is 11.0. The zero-order valence-corrected chi connectivity index (χ0v) is 13.7. The van der Waals surface area contributed by atoms with Gasteiger partial charge in [-0.2, -0.15) is 4.31 Å². The first kappa shape index (κ1) is 15.7. The number of benzene rings is 1. The highest BCUT2D eigenvalue weighted by Gasteiger charge is 2.29. The number of hydrogen-bond acceptors (Lipinski definition) is 6. The van der Waals surface area contributed by atoms with Gasteiger partial charge in [-0.05, 0) is 36.8 Å². The summed E-state index contributed by atoms with van der Waals surface area (Å²) in [7, 11) is -3.50. The van der Waals surface area contributed by atoms with Crippen LogP contribution in [0, 0.1) is 6.92 Å². The summed E-state index contributed by atoms with van der Waals surface area (Å²) in [6, 6.07) is 6.58. The molecule has 8 heteroatoms. The van der Waals surface area contributed by atoms with Crippen LogP contribution >= 0.6 is 0 Å². The quantitative estimate of drug-likeness (QED) is 0.838. The maximum Gasteiger partial charge on any atom is 0.243 e. The molecule has 1 saturated heterocycles. The van der Waals surface area contributed by atoms with Crippen molar-refractivity contribution in [3.63, 3.8) is 0 Å². The van der Waals surface area contributed by atoms with E-state index in [0.29, 0.717) is 37.8 Å². The summed E-state index contributed by atoms with van der Waals surface area (Å²) >= 11 is 0. The van der Waals surface area contributed by atoms with Gasteiger partial charge in [-0.3, -0.25) is 0 Å². The number of nitrogens with zero attached hydrogens (tertiary/aromatic N) is 4. The summed E-state index contributed by atoms with van der Waals surface area (Å²) in [5.74, 6) is 0.632. The van der Waals surface area contributed by atoms with Gasteiger partial charge in [0.2, 0.25) is 16.0 Å². The number of sulfonamides is 1. The lowest BCUT2D eigenvalue weighted by molar-refractivity contribution is 0.382. The molecule has 122 valence electrons. The van der Waals surface area contributed by atoms with E-state index in [1.807, 2.05) is 4.90 Å². The van der Waals surface area contributed by atoms with Crippen LogP contribution < -0.4 is 10.6 Å². The van der Waals surface area contributed by atoms with Crippen LogP contribution in [-0.2, 0) is 10.0 Å². The van der Waals surface area contributed by atoms with Gasteiger partial charge in [-0.25, -0.2) is 18.4 Å². The van der Waals surface area contributed by atoms with Gasteiger partial charge in [0, 0.05) is 44.3 Å². The predicted molar refractivity (Wildman–Crippen MR) is 88.6 cm³/mol. The Morgan fingerprint density at radius 1 is 1.09 bits per heavy atom. The molecular formula is C15H19N5O2S. The second-order valence-electron chi connectivity index (χ2n) is 5.46. The lowest BCUT2D eigenvalue weighted by Gasteiger charge is -2.33. The normalized spacial score (nSPS) is 16.5. The molecular weight excluding hydrogens is 314 g/mol. The molecule has 1 aliphatic heterocycles. The van der Waals surface area contributed by atoms with Crippen molar-refractivity contribution in [3.8, 4) is 0 Å². The third-order valence-electron chi connectivity index (χ3n) is 3.95. The fraction of sp³-hybridized carbons (Fsp3) is 0.333. The van der Waals surface area contributed by atoms with Gasteiger partial charge in [0.15, 0.2) is 0 Å². The number of piperazine rings is 1. The summed E-state index contributed by atoms with van der Waals surface area (Å²) in [6.45, 7) is 3.75. The molecule has 0 radical (unpaired) electrons. The summed E-state index contributed by atoms with van der Waals surface area (Å²) in [5.41, 5.74) is 7.12. The minimum absolute atomic E-state index is 0.286. The lowest BCUT2D eigenvalue weighted by atomic mass is 10.2. The molecule has 1 aromatic heterocycles. The number of hydrogen-bond donors (Lipinski definition) is 1. The molecule has 3 rings (SSSR count). The van der Waals surface area contributed by atoms with Crippen LogP contribution in [0.2, 0.25) is 0 Å². The van der Waals surface area contributed by atoms with Crippen LogP contribution in [0.4, 0.5) is 11.6 Å². The molecule has 0 unspecified atom stereocenters. The molecule has 0 spiro atoms.